The molecule has 4 bridgehead atoms. The van der Waals surface area contributed by atoms with Crippen molar-refractivity contribution in [3.05, 3.63) is 29.8 Å². The normalized spacial score (nSPS) is 32.2. The number of hydrogen-bond acceptors (Lipinski definition) is 3. The molecule has 5 nitrogen and oxygen atoms in total. The zero-order valence-corrected chi connectivity index (χ0v) is 19.1. The maximum atomic E-state index is 12.9. The highest BCUT2D eigenvalue weighted by molar-refractivity contribution is 5.94. The number of amides is 2. The van der Waals surface area contributed by atoms with Crippen molar-refractivity contribution in [3.63, 3.8) is 0 Å². The highest BCUT2D eigenvalue weighted by Gasteiger charge is 2.51. The third-order valence-corrected chi connectivity index (χ3v) is 8.48. The standard InChI is InChI=1S/C26H37N3O2/c1-28(2)23-5-3-21(4-6-23)25(31)29-9-7-22(8-10-29)27-24(30)17-26-14-18-11-19(15-26)13-20(12-18)16-26/h3-6,18-20,22H,7-17H2,1-2H3,(H,27,30). The molecule has 1 aliphatic heterocycles. The topological polar surface area (TPSA) is 52.7 Å². The predicted octanol–water partition coefficient (Wildman–Crippen LogP) is 4.08. The molecule has 4 aliphatic carbocycles. The molecule has 1 aromatic rings. The van der Waals surface area contributed by atoms with E-state index in [1.54, 1.807) is 0 Å². The molecular weight excluding hydrogens is 386 g/mol. The van der Waals surface area contributed by atoms with Crippen LogP contribution in [0.25, 0.3) is 0 Å². The van der Waals surface area contributed by atoms with Crippen LogP contribution in [0.15, 0.2) is 24.3 Å². The Bertz CT molecular complexity index is 788. The quantitative estimate of drug-likeness (QED) is 0.776. The van der Waals surface area contributed by atoms with Gasteiger partial charge in [-0.05, 0) is 98.8 Å². The summed E-state index contributed by atoms with van der Waals surface area (Å²) in [5, 5.41) is 3.33. The lowest BCUT2D eigenvalue weighted by Gasteiger charge is -2.56. The maximum absolute atomic E-state index is 12.9. The van der Waals surface area contributed by atoms with Gasteiger partial charge in [-0.1, -0.05) is 0 Å². The lowest BCUT2D eigenvalue weighted by atomic mass is 9.49. The zero-order valence-electron chi connectivity index (χ0n) is 19.1. The van der Waals surface area contributed by atoms with E-state index in [9.17, 15) is 9.59 Å². The molecule has 1 aromatic carbocycles. The summed E-state index contributed by atoms with van der Waals surface area (Å²) in [7, 11) is 4.00. The Kier molecular flexibility index (Phi) is 5.47. The number of likely N-dealkylation sites (tertiary alicyclic amines) is 1. The van der Waals surface area contributed by atoms with Gasteiger partial charge in [0.15, 0.2) is 0 Å². The van der Waals surface area contributed by atoms with Crippen molar-refractivity contribution in [2.45, 2.75) is 63.8 Å². The molecule has 0 radical (unpaired) electrons. The van der Waals surface area contributed by atoms with Gasteiger partial charge in [-0.25, -0.2) is 0 Å². The molecule has 0 aromatic heterocycles. The largest absolute Gasteiger partial charge is 0.378 e. The molecule has 0 atom stereocenters. The van der Waals surface area contributed by atoms with E-state index in [0.29, 0.717) is 5.41 Å². The van der Waals surface area contributed by atoms with Crippen molar-refractivity contribution in [1.82, 2.24) is 10.2 Å². The van der Waals surface area contributed by atoms with E-state index in [-0.39, 0.29) is 17.9 Å². The lowest BCUT2D eigenvalue weighted by Crippen LogP contribution is -2.50. The van der Waals surface area contributed by atoms with Gasteiger partial charge in [-0.15, -0.1) is 0 Å². The van der Waals surface area contributed by atoms with Crippen LogP contribution in [0.2, 0.25) is 0 Å². The van der Waals surface area contributed by atoms with Gasteiger partial charge in [0.1, 0.15) is 0 Å². The molecule has 5 heteroatoms. The van der Waals surface area contributed by atoms with Crippen LogP contribution < -0.4 is 10.2 Å². The number of hydrogen-bond donors (Lipinski definition) is 1. The summed E-state index contributed by atoms with van der Waals surface area (Å²) in [5.74, 6) is 3.02. The fourth-order valence-electron chi connectivity index (χ4n) is 7.44. The summed E-state index contributed by atoms with van der Waals surface area (Å²) < 4.78 is 0. The average Bonchev–Trinajstić information content (AvgIpc) is 2.72. The molecule has 5 aliphatic rings. The molecule has 168 valence electrons. The minimum atomic E-state index is 0.101. The number of carbonyl (C=O) groups excluding carboxylic acids is 2. The van der Waals surface area contributed by atoms with Gasteiger partial charge >= 0.3 is 0 Å². The van der Waals surface area contributed by atoms with Crippen LogP contribution in [0.4, 0.5) is 5.69 Å². The maximum Gasteiger partial charge on any atom is 0.253 e. The van der Waals surface area contributed by atoms with Crippen molar-refractivity contribution in [2.24, 2.45) is 23.2 Å². The second-order valence-electron chi connectivity index (χ2n) is 11.2. The van der Waals surface area contributed by atoms with Crippen molar-refractivity contribution >= 4 is 17.5 Å². The fourth-order valence-corrected chi connectivity index (χ4v) is 7.44. The zero-order chi connectivity index (χ0) is 21.6. The second-order valence-corrected chi connectivity index (χ2v) is 11.2. The molecule has 2 amide bonds. The van der Waals surface area contributed by atoms with E-state index < -0.39 is 0 Å². The number of benzene rings is 1. The molecular formula is C26H37N3O2. The lowest BCUT2D eigenvalue weighted by molar-refractivity contribution is -0.130. The smallest absolute Gasteiger partial charge is 0.253 e. The van der Waals surface area contributed by atoms with E-state index in [2.05, 4.69) is 5.32 Å². The van der Waals surface area contributed by atoms with E-state index in [0.717, 1.165) is 61.4 Å². The Morgan fingerprint density at radius 1 is 0.968 bits per heavy atom. The van der Waals surface area contributed by atoms with Crippen LogP contribution in [0.1, 0.15) is 68.1 Å². The van der Waals surface area contributed by atoms with Crippen LogP contribution in [0, 0.1) is 23.2 Å². The summed E-state index contributed by atoms with van der Waals surface area (Å²) in [6, 6.07) is 8.02. The Balaban J connectivity index is 1.11. The first-order chi connectivity index (χ1) is 14.9. The summed E-state index contributed by atoms with van der Waals surface area (Å²) in [5.41, 5.74) is 2.14. The van der Waals surface area contributed by atoms with Crippen LogP contribution in [0.3, 0.4) is 0 Å². The van der Waals surface area contributed by atoms with Crippen molar-refractivity contribution in [3.8, 4) is 0 Å². The van der Waals surface area contributed by atoms with Crippen LogP contribution in [0.5, 0.6) is 0 Å². The molecule has 5 fully saturated rings. The van der Waals surface area contributed by atoms with Gasteiger partial charge in [0.2, 0.25) is 5.91 Å². The van der Waals surface area contributed by atoms with Crippen molar-refractivity contribution in [1.29, 1.82) is 0 Å². The fraction of sp³-hybridized carbons (Fsp3) is 0.692. The van der Waals surface area contributed by atoms with Gasteiger partial charge in [0.05, 0.1) is 0 Å². The summed E-state index contributed by atoms with van der Waals surface area (Å²) >= 11 is 0. The first-order valence-electron chi connectivity index (χ1n) is 12.3. The second kappa shape index (κ2) is 8.14. The monoisotopic (exact) mass is 423 g/mol. The molecule has 6 rings (SSSR count). The third-order valence-electron chi connectivity index (χ3n) is 8.48. The molecule has 0 spiro atoms. The minimum Gasteiger partial charge on any atom is -0.378 e. The predicted molar refractivity (Wildman–Crippen MR) is 123 cm³/mol. The highest BCUT2D eigenvalue weighted by atomic mass is 16.2. The first kappa shape index (κ1) is 20.8. The summed E-state index contributed by atoms with van der Waals surface area (Å²) in [6.07, 6.45) is 10.6. The highest BCUT2D eigenvalue weighted by Crippen LogP contribution is 2.61. The van der Waals surface area contributed by atoms with Crippen LogP contribution in [-0.2, 0) is 4.79 Å². The summed E-state index contributed by atoms with van der Waals surface area (Å²) in [6.45, 7) is 1.44. The molecule has 4 saturated carbocycles. The first-order valence-corrected chi connectivity index (χ1v) is 12.3. The molecule has 1 heterocycles. The molecule has 1 saturated heterocycles. The number of anilines is 1. The Hall–Kier alpha value is -2.04. The SMILES string of the molecule is CN(C)c1ccc(C(=O)N2CCC(NC(=O)CC34CC5CC(CC(C5)C3)C4)CC2)cc1. The third kappa shape index (κ3) is 4.33. The van der Waals surface area contributed by atoms with Crippen molar-refractivity contribution < 1.29 is 9.59 Å². The molecule has 0 unspecified atom stereocenters. The van der Waals surface area contributed by atoms with Gasteiger partial charge in [0, 0.05) is 50.9 Å². The molecule has 31 heavy (non-hydrogen) atoms. The average molecular weight is 424 g/mol. The number of rotatable bonds is 5. The number of piperidine rings is 1. The Labute approximate surface area is 186 Å². The Morgan fingerprint density at radius 2 is 1.52 bits per heavy atom. The van der Waals surface area contributed by atoms with Crippen LogP contribution >= 0.6 is 0 Å². The van der Waals surface area contributed by atoms with Gasteiger partial charge in [-0.3, -0.25) is 9.59 Å². The number of nitrogens with one attached hydrogen (secondary N) is 1. The van der Waals surface area contributed by atoms with Crippen molar-refractivity contribution in [2.75, 3.05) is 32.1 Å². The van der Waals surface area contributed by atoms with Gasteiger partial charge in [0.25, 0.3) is 5.91 Å². The van der Waals surface area contributed by atoms with E-state index in [1.807, 2.05) is 48.2 Å². The van der Waals surface area contributed by atoms with Gasteiger partial charge in [-0.2, -0.15) is 0 Å². The minimum absolute atomic E-state index is 0.101. The number of nitrogens with zero attached hydrogens (tertiary/aromatic N) is 2. The van der Waals surface area contributed by atoms with Gasteiger partial charge < -0.3 is 15.1 Å². The molecule has 1 N–H and O–H groups in total. The van der Waals surface area contributed by atoms with Crippen LogP contribution in [-0.4, -0.2) is 49.9 Å². The summed E-state index contributed by atoms with van der Waals surface area (Å²) in [4.78, 5) is 29.7. The number of carbonyl (C=O) groups is 2. The van der Waals surface area contributed by atoms with E-state index in [1.165, 1.54) is 38.5 Å². The van der Waals surface area contributed by atoms with E-state index in [4.69, 9.17) is 0 Å². The Morgan fingerprint density at radius 3 is 2.03 bits per heavy atom. The van der Waals surface area contributed by atoms with E-state index >= 15 is 0 Å².